The number of halogens is 1. The van der Waals surface area contributed by atoms with Gasteiger partial charge < -0.3 is 30.3 Å². The maximum absolute atomic E-state index is 14.0. The van der Waals surface area contributed by atoms with Crippen LogP contribution in [0.15, 0.2) is 79.0 Å². The first-order chi connectivity index (χ1) is 23.3. The van der Waals surface area contributed by atoms with Gasteiger partial charge in [-0.15, -0.1) is 0 Å². The van der Waals surface area contributed by atoms with Crippen molar-refractivity contribution < 1.29 is 24.2 Å². The van der Waals surface area contributed by atoms with Gasteiger partial charge in [0.05, 0.1) is 32.2 Å². The summed E-state index contributed by atoms with van der Waals surface area (Å²) in [6.45, 7) is 2.09. The molecule has 2 aliphatic heterocycles. The number of ether oxygens (including phenoxy) is 1. The quantitative estimate of drug-likeness (QED) is 0.232. The Kier molecular flexibility index (Phi) is 9.89. The van der Waals surface area contributed by atoms with Crippen molar-refractivity contribution in [2.45, 2.75) is 31.5 Å². The molecule has 13 heteroatoms. The molecule has 12 nitrogen and oxygen atoms in total. The van der Waals surface area contributed by atoms with Crippen LogP contribution in [0.1, 0.15) is 24.4 Å². The molecule has 48 heavy (non-hydrogen) atoms. The number of benzene rings is 3. The topological polar surface area (TPSA) is 153 Å². The van der Waals surface area contributed by atoms with Crippen LogP contribution in [0.2, 0.25) is 5.02 Å². The van der Waals surface area contributed by atoms with E-state index in [0.29, 0.717) is 52.7 Å². The minimum absolute atomic E-state index is 0.00556. The average molecular weight is 668 g/mol. The van der Waals surface area contributed by atoms with Crippen LogP contribution in [0.5, 0.6) is 5.75 Å². The molecule has 0 saturated carbocycles. The van der Waals surface area contributed by atoms with Crippen molar-refractivity contribution in [2.24, 2.45) is 0 Å². The van der Waals surface area contributed by atoms with Crippen LogP contribution in [0, 0.1) is 11.3 Å². The van der Waals surface area contributed by atoms with E-state index in [1.54, 1.807) is 64.3 Å². The minimum atomic E-state index is -0.964. The summed E-state index contributed by atoms with van der Waals surface area (Å²) in [5.74, 6) is -0.803. The van der Waals surface area contributed by atoms with E-state index in [1.807, 2.05) is 18.2 Å². The lowest BCUT2D eigenvalue weighted by molar-refractivity contribution is -0.148. The van der Waals surface area contributed by atoms with E-state index < -0.39 is 18.0 Å². The standard InChI is InChI=1S/C35H34ClN7O5/c36-25-10-13-30(44)27(20-25)32-28(21-42(40-32)17-4-14-37)23-8-11-26(12-9-23)38-33(45)29-22-48-19-18-43(29)34(46)31(24-6-2-1-3-7-24)39-35(47)41-15-5-16-41/h1-3,6-13,20-21,29,31,44H,4-5,15-19,22H2,(H,38,45)(H,39,47)/t29-,31+/m0/s1. The average Bonchev–Trinajstić information content (AvgIpc) is 3.51. The van der Waals surface area contributed by atoms with Crippen LogP contribution in [-0.4, -0.2) is 81.4 Å². The third kappa shape index (κ3) is 7.12. The first-order valence-corrected chi connectivity index (χ1v) is 16.0. The number of hydrogen-bond acceptors (Lipinski definition) is 7. The predicted octanol–water partition coefficient (Wildman–Crippen LogP) is 4.81. The molecule has 0 aliphatic carbocycles. The molecule has 4 amide bonds. The summed E-state index contributed by atoms with van der Waals surface area (Å²) in [5, 5.41) is 30.5. The molecule has 1 aromatic heterocycles. The molecule has 0 unspecified atom stereocenters. The maximum atomic E-state index is 14.0. The van der Waals surface area contributed by atoms with Crippen LogP contribution in [0.25, 0.3) is 22.4 Å². The zero-order chi connectivity index (χ0) is 33.6. The second-order valence-corrected chi connectivity index (χ2v) is 12.0. The molecule has 2 aliphatic rings. The predicted molar refractivity (Wildman–Crippen MR) is 179 cm³/mol. The molecule has 3 N–H and O–H groups in total. The molecule has 2 atom stereocenters. The first-order valence-electron chi connectivity index (χ1n) is 15.7. The normalized spacial score (nSPS) is 16.4. The summed E-state index contributed by atoms with van der Waals surface area (Å²) in [7, 11) is 0. The van der Waals surface area contributed by atoms with Gasteiger partial charge in [-0.1, -0.05) is 54.1 Å². The van der Waals surface area contributed by atoms with E-state index in [0.717, 1.165) is 12.0 Å². The summed E-state index contributed by atoms with van der Waals surface area (Å²) >= 11 is 6.23. The number of aryl methyl sites for hydroxylation is 1. The molecule has 4 aromatic rings. The largest absolute Gasteiger partial charge is 0.507 e. The molecule has 0 spiro atoms. The lowest BCUT2D eigenvalue weighted by Crippen LogP contribution is -2.58. The Morgan fingerprint density at radius 3 is 2.52 bits per heavy atom. The lowest BCUT2D eigenvalue weighted by atomic mass is 10.0. The molecule has 2 saturated heterocycles. The van der Waals surface area contributed by atoms with Crippen LogP contribution >= 0.6 is 11.6 Å². The number of aromatic nitrogens is 2. The number of carbonyl (C=O) groups is 3. The highest BCUT2D eigenvalue weighted by Crippen LogP contribution is 2.38. The first kappa shape index (κ1) is 32.6. The highest BCUT2D eigenvalue weighted by molar-refractivity contribution is 6.31. The third-order valence-corrected chi connectivity index (χ3v) is 8.63. The van der Waals surface area contributed by atoms with E-state index in [-0.39, 0.29) is 43.9 Å². The monoisotopic (exact) mass is 667 g/mol. The number of nitrogens with one attached hydrogen (secondary N) is 2. The number of amides is 4. The number of urea groups is 1. The molecule has 2 fully saturated rings. The van der Waals surface area contributed by atoms with Gasteiger partial charge in [0.2, 0.25) is 5.91 Å². The van der Waals surface area contributed by atoms with Crippen molar-refractivity contribution in [3.8, 4) is 34.2 Å². The van der Waals surface area contributed by atoms with Gasteiger partial charge >= 0.3 is 6.03 Å². The van der Waals surface area contributed by atoms with Crippen LogP contribution in [0.3, 0.4) is 0 Å². The number of carbonyl (C=O) groups excluding carboxylic acids is 3. The van der Waals surface area contributed by atoms with Crippen LogP contribution in [-0.2, 0) is 20.9 Å². The van der Waals surface area contributed by atoms with Crippen molar-refractivity contribution in [3.63, 3.8) is 0 Å². The minimum Gasteiger partial charge on any atom is -0.507 e. The number of nitriles is 1. The summed E-state index contributed by atoms with van der Waals surface area (Å²) in [6, 6.07) is 20.7. The molecule has 3 heterocycles. The van der Waals surface area contributed by atoms with E-state index in [9.17, 15) is 19.5 Å². The van der Waals surface area contributed by atoms with E-state index >= 15 is 0 Å². The van der Waals surface area contributed by atoms with E-state index in [2.05, 4.69) is 21.8 Å². The second-order valence-electron chi connectivity index (χ2n) is 11.5. The fraction of sp³-hybridized carbons (Fsp3) is 0.286. The summed E-state index contributed by atoms with van der Waals surface area (Å²) < 4.78 is 7.27. The number of aromatic hydroxyl groups is 1. The molecule has 0 radical (unpaired) electrons. The van der Waals surface area contributed by atoms with Crippen molar-refractivity contribution in [3.05, 3.63) is 89.6 Å². The Balaban J connectivity index is 1.21. The van der Waals surface area contributed by atoms with Crippen molar-refractivity contribution in [1.82, 2.24) is 24.9 Å². The fourth-order valence-corrected chi connectivity index (χ4v) is 5.86. The van der Waals surface area contributed by atoms with Crippen LogP contribution < -0.4 is 10.6 Å². The van der Waals surface area contributed by atoms with Gasteiger partial charge in [0, 0.05) is 47.7 Å². The number of phenols is 1. The van der Waals surface area contributed by atoms with E-state index in [1.165, 1.54) is 11.0 Å². The highest BCUT2D eigenvalue weighted by Gasteiger charge is 2.38. The van der Waals surface area contributed by atoms with Crippen LogP contribution in [0.4, 0.5) is 10.5 Å². The molecular formula is C35H34ClN7O5. The third-order valence-electron chi connectivity index (χ3n) is 8.40. The molecule has 246 valence electrons. The van der Waals surface area contributed by atoms with Gasteiger partial charge in [-0.25, -0.2) is 4.79 Å². The Hall–Kier alpha value is -5.38. The summed E-state index contributed by atoms with van der Waals surface area (Å²) in [5.41, 5.74) is 3.52. The van der Waals surface area contributed by atoms with Crippen molar-refractivity contribution >= 4 is 35.1 Å². The van der Waals surface area contributed by atoms with Gasteiger partial charge in [-0.2, -0.15) is 10.4 Å². The summed E-state index contributed by atoms with van der Waals surface area (Å²) in [4.78, 5) is 43.6. The zero-order valence-electron chi connectivity index (χ0n) is 26.0. The smallest absolute Gasteiger partial charge is 0.318 e. The Bertz CT molecular complexity index is 1840. The number of anilines is 1. The fourth-order valence-electron chi connectivity index (χ4n) is 5.68. The Morgan fingerprint density at radius 2 is 1.81 bits per heavy atom. The Labute approximate surface area is 282 Å². The zero-order valence-corrected chi connectivity index (χ0v) is 26.8. The SMILES string of the molecule is N#CCCn1cc(-c2ccc(NC(=O)[C@@H]3COCCN3C(=O)[C@H](NC(=O)N3CCC3)c3ccccc3)cc2)c(-c2cc(Cl)ccc2O)n1. The lowest BCUT2D eigenvalue weighted by Gasteiger charge is -2.38. The second kappa shape index (κ2) is 14.6. The molecular weight excluding hydrogens is 634 g/mol. The molecule has 6 rings (SSSR count). The summed E-state index contributed by atoms with van der Waals surface area (Å²) in [6.07, 6.45) is 2.98. The van der Waals surface area contributed by atoms with Crippen molar-refractivity contribution in [1.29, 1.82) is 5.26 Å². The highest BCUT2D eigenvalue weighted by atomic mass is 35.5. The number of hydrogen-bond donors (Lipinski definition) is 3. The Morgan fingerprint density at radius 1 is 1.04 bits per heavy atom. The number of phenolic OH excluding ortho intramolecular Hbond substituents is 1. The van der Waals surface area contributed by atoms with Gasteiger partial charge in [-0.3, -0.25) is 14.3 Å². The molecule has 0 bridgehead atoms. The van der Waals surface area contributed by atoms with Crippen molar-refractivity contribution in [2.75, 3.05) is 38.2 Å². The van der Waals surface area contributed by atoms with Gasteiger partial charge in [0.25, 0.3) is 5.91 Å². The maximum Gasteiger partial charge on any atom is 0.318 e. The van der Waals surface area contributed by atoms with Gasteiger partial charge in [0.15, 0.2) is 0 Å². The number of rotatable bonds is 9. The van der Waals surface area contributed by atoms with E-state index in [4.69, 9.17) is 21.6 Å². The number of nitrogens with zero attached hydrogens (tertiary/aromatic N) is 5. The number of likely N-dealkylation sites (tertiary alicyclic amines) is 1. The molecule has 3 aromatic carbocycles. The van der Waals surface area contributed by atoms with Gasteiger partial charge in [-0.05, 0) is 47.9 Å². The number of morpholine rings is 1. The van der Waals surface area contributed by atoms with Gasteiger partial charge in [0.1, 0.15) is 23.5 Å².